The Hall–Kier alpha value is -0.610. The number of amides is 1. The lowest BCUT2D eigenvalue weighted by atomic mass is 9.84. The molecule has 2 fully saturated rings. The van der Waals surface area contributed by atoms with Crippen molar-refractivity contribution in [3.8, 4) is 0 Å². The lowest BCUT2D eigenvalue weighted by Gasteiger charge is -2.27. The number of carbonyl (C=O) groups excluding carboxylic acids is 1. The summed E-state index contributed by atoms with van der Waals surface area (Å²) < 4.78 is 0. The van der Waals surface area contributed by atoms with E-state index in [9.17, 15) is 4.79 Å². The molecule has 1 saturated heterocycles. The van der Waals surface area contributed by atoms with E-state index < -0.39 is 0 Å². The Kier molecular flexibility index (Phi) is 4.40. The molecule has 0 spiro atoms. The van der Waals surface area contributed by atoms with Gasteiger partial charge in [0.25, 0.3) is 0 Å². The summed E-state index contributed by atoms with van der Waals surface area (Å²) in [7, 11) is 0. The van der Waals surface area contributed by atoms with Crippen LogP contribution < -0.4 is 5.73 Å². The third-order valence-electron chi connectivity index (χ3n) is 4.18. The fourth-order valence-corrected chi connectivity index (χ4v) is 3.10. The molecule has 1 heterocycles. The average molecular weight is 240 g/mol. The predicted octanol–water partition coefficient (Wildman–Crippen LogP) is 0.735. The van der Waals surface area contributed by atoms with Gasteiger partial charge in [-0.3, -0.25) is 4.79 Å². The number of aliphatic hydroxyl groups excluding tert-OH is 1. The van der Waals surface area contributed by atoms with Crippen molar-refractivity contribution in [2.75, 3.05) is 19.7 Å². The first-order chi connectivity index (χ1) is 8.19. The third kappa shape index (κ3) is 3.42. The molecule has 3 unspecified atom stereocenters. The van der Waals surface area contributed by atoms with E-state index in [1.807, 2.05) is 4.90 Å². The first kappa shape index (κ1) is 12.8. The lowest BCUT2D eigenvalue weighted by molar-refractivity contribution is -0.131. The Balaban J connectivity index is 1.77. The van der Waals surface area contributed by atoms with Crippen molar-refractivity contribution >= 4 is 5.91 Å². The molecule has 0 aromatic carbocycles. The zero-order valence-electron chi connectivity index (χ0n) is 10.5. The summed E-state index contributed by atoms with van der Waals surface area (Å²) in [5, 5.41) is 9.07. The summed E-state index contributed by atoms with van der Waals surface area (Å²) >= 11 is 0. The van der Waals surface area contributed by atoms with E-state index in [0.29, 0.717) is 24.3 Å². The van der Waals surface area contributed by atoms with E-state index >= 15 is 0 Å². The SMILES string of the molecule is NC1CCCC(CC(=O)N2CCC(CO)C2)C1. The lowest BCUT2D eigenvalue weighted by Crippen LogP contribution is -2.34. The molecule has 4 heteroatoms. The standard InChI is InChI=1S/C13H24N2O2/c14-12-3-1-2-10(6-12)7-13(17)15-5-4-11(8-15)9-16/h10-12,16H,1-9,14H2. The highest BCUT2D eigenvalue weighted by molar-refractivity contribution is 5.76. The summed E-state index contributed by atoms with van der Waals surface area (Å²) in [6.45, 7) is 1.77. The van der Waals surface area contributed by atoms with E-state index in [-0.39, 0.29) is 12.5 Å². The zero-order valence-corrected chi connectivity index (χ0v) is 10.5. The zero-order chi connectivity index (χ0) is 12.3. The molecule has 2 rings (SSSR count). The maximum Gasteiger partial charge on any atom is 0.222 e. The Morgan fingerprint density at radius 2 is 2.12 bits per heavy atom. The van der Waals surface area contributed by atoms with Gasteiger partial charge in [0.1, 0.15) is 0 Å². The van der Waals surface area contributed by atoms with Crippen molar-refractivity contribution in [2.45, 2.75) is 44.6 Å². The van der Waals surface area contributed by atoms with Crippen LogP contribution in [0.4, 0.5) is 0 Å². The van der Waals surface area contributed by atoms with Gasteiger partial charge in [0, 0.05) is 38.1 Å². The second kappa shape index (κ2) is 5.83. The van der Waals surface area contributed by atoms with Crippen LogP contribution in [0.15, 0.2) is 0 Å². The molecule has 1 aliphatic heterocycles. The van der Waals surface area contributed by atoms with Crippen LogP contribution in [0.3, 0.4) is 0 Å². The van der Waals surface area contributed by atoms with E-state index in [0.717, 1.165) is 38.8 Å². The second-order valence-electron chi connectivity index (χ2n) is 5.67. The van der Waals surface area contributed by atoms with Gasteiger partial charge in [-0.05, 0) is 31.6 Å². The van der Waals surface area contributed by atoms with Crippen LogP contribution in [0.25, 0.3) is 0 Å². The molecule has 0 radical (unpaired) electrons. The summed E-state index contributed by atoms with van der Waals surface area (Å²) in [5.74, 6) is 1.05. The van der Waals surface area contributed by atoms with Crippen LogP contribution in [-0.4, -0.2) is 41.7 Å². The Labute approximate surface area is 103 Å². The largest absolute Gasteiger partial charge is 0.396 e. The number of aliphatic hydroxyl groups is 1. The van der Waals surface area contributed by atoms with Crippen molar-refractivity contribution in [3.05, 3.63) is 0 Å². The number of likely N-dealkylation sites (tertiary alicyclic amines) is 1. The van der Waals surface area contributed by atoms with Gasteiger partial charge in [-0.1, -0.05) is 6.42 Å². The van der Waals surface area contributed by atoms with Crippen molar-refractivity contribution in [1.82, 2.24) is 4.90 Å². The topological polar surface area (TPSA) is 66.6 Å². The van der Waals surface area contributed by atoms with Gasteiger partial charge in [-0.25, -0.2) is 0 Å². The van der Waals surface area contributed by atoms with Crippen molar-refractivity contribution in [1.29, 1.82) is 0 Å². The molecule has 4 nitrogen and oxygen atoms in total. The van der Waals surface area contributed by atoms with Crippen LogP contribution in [0.1, 0.15) is 38.5 Å². The number of hydrogen-bond acceptors (Lipinski definition) is 3. The second-order valence-corrected chi connectivity index (χ2v) is 5.67. The van der Waals surface area contributed by atoms with Crippen LogP contribution in [0.2, 0.25) is 0 Å². The molecule has 0 aromatic rings. The number of rotatable bonds is 3. The first-order valence-electron chi connectivity index (χ1n) is 6.83. The average Bonchev–Trinajstić information content (AvgIpc) is 2.77. The minimum Gasteiger partial charge on any atom is -0.396 e. The van der Waals surface area contributed by atoms with Crippen LogP contribution >= 0.6 is 0 Å². The monoisotopic (exact) mass is 240 g/mol. The smallest absolute Gasteiger partial charge is 0.222 e. The van der Waals surface area contributed by atoms with Crippen molar-refractivity contribution in [2.24, 2.45) is 17.6 Å². The molecule has 0 bridgehead atoms. The van der Waals surface area contributed by atoms with E-state index in [2.05, 4.69) is 0 Å². The molecule has 98 valence electrons. The molecule has 3 atom stereocenters. The van der Waals surface area contributed by atoms with Gasteiger partial charge in [-0.15, -0.1) is 0 Å². The number of nitrogens with zero attached hydrogens (tertiary/aromatic N) is 1. The van der Waals surface area contributed by atoms with Crippen LogP contribution in [0.5, 0.6) is 0 Å². The van der Waals surface area contributed by atoms with Gasteiger partial charge in [-0.2, -0.15) is 0 Å². The quantitative estimate of drug-likeness (QED) is 0.764. The van der Waals surface area contributed by atoms with Gasteiger partial charge >= 0.3 is 0 Å². The molecular formula is C13H24N2O2. The molecule has 1 aliphatic carbocycles. The molecule has 1 amide bonds. The Morgan fingerprint density at radius 3 is 2.76 bits per heavy atom. The maximum absolute atomic E-state index is 12.1. The van der Waals surface area contributed by atoms with Gasteiger partial charge in [0.05, 0.1) is 0 Å². The number of nitrogens with two attached hydrogens (primary N) is 1. The summed E-state index contributed by atoms with van der Waals surface area (Å²) in [5.41, 5.74) is 5.94. The van der Waals surface area contributed by atoms with Crippen molar-refractivity contribution < 1.29 is 9.90 Å². The summed E-state index contributed by atoms with van der Waals surface area (Å²) in [6.07, 6.45) is 6.04. The van der Waals surface area contributed by atoms with Crippen LogP contribution in [-0.2, 0) is 4.79 Å². The normalized spacial score (nSPS) is 34.0. The van der Waals surface area contributed by atoms with Gasteiger partial charge < -0.3 is 15.7 Å². The first-order valence-corrected chi connectivity index (χ1v) is 6.83. The summed E-state index contributed by atoms with van der Waals surface area (Å²) in [4.78, 5) is 14.0. The fourth-order valence-electron chi connectivity index (χ4n) is 3.10. The molecule has 0 aromatic heterocycles. The van der Waals surface area contributed by atoms with E-state index in [1.165, 1.54) is 6.42 Å². The molecule has 2 aliphatic rings. The fraction of sp³-hybridized carbons (Fsp3) is 0.923. The highest BCUT2D eigenvalue weighted by Gasteiger charge is 2.28. The Bertz CT molecular complexity index is 270. The van der Waals surface area contributed by atoms with Crippen LogP contribution in [0, 0.1) is 11.8 Å². The molecule has 1 saturated carbocycles. The highest BCUT2D eigenvalue weighted by Crippen LogP contribution is 2.27. The maximum atomic E-state index is 12.1. The molecular weight excluding hydrogens is 216 g/mol. The predicted molar refractivity (Wildman–Crippen MR) is 66.3 cm³/mol. The third-order valence-corrected chi connectivity index (χ3v) is 4.18. The Morgan fingerprint density at radius 1 is 1.29 bits per heavy atom. The van der Waals surface area contributed by atoms with Gasteiger partial charge in [0.2, 0.25) is 5.91 Å². The number of carbonyl (C=O) groups is 1. The van der Waals surface area contributed by atoms with Crippen molar-refractivity contribution in [3.63, 3.8) is 0 Å². The van der Waals surface area contributed by atoms with Gasteiger partial charge in [0.15, 0.2) is 0 Å². The molecule has 3 N–H and O–H groups in total. The minimum absolute atomic E-state index is 0.206. The summed E-state index contributed by atoms with van der Waals surface area (Å²) in [6, 6.07) is 0.297. The minimum atomic E-state index is 0.206. The number of hydrogen-bond donors (Lipinski definition) is 2. The highest BCUT2D eigenvalue weighted by atomic mass is 16.3. The van der Waals surface area contributed by atoms with E-state index in [1.54, 1.807) is 0 Å². The molecule has 17 heavy (non-hydrogen) atoms. The van der Waals surface area contributed by atoms with E-state index in [4.69, 9.17) is 10.8 Å².